The van der Waals surface area contributed by atoms with Crippen LogP contribution in [-0.2, 0) is 6.61 Å². The summed E-state index contributed by atoms with van der Waals surface area (Å²) >= 11 is 0. The number of carbonyl (C=O) groups is 1. The zero-order valence-corrected chi connectivity index (χ0v) is 17.1. The molecule has 0 aromatic heterocycles. The number of rotatable bonds is 8. The zero-order valence-electron chi connectivity index (χ0n) is 17.1. The zero-order chi connectivity index (χ0) is 23.3. The van der Waals surface area contributed by atoms with Crippen LogP contribution in [0.1, 0.15) is 21.5 Å². The molecule has 166 valence electrons. The lowest BCUT2D eigenvalue weighted by Crippen LogP contribution is -2.05. The number of ketones is 1. The number of ether oxygens (including phenoxy) is 3. The lowest BCUT2D eigenvalue weighted by Gasteiger charge is -2.13. The first kappa shape index (κ1) is 22.9. The SMILES string of the molecule is COc1ccc(C(=O)/C=C/c2ccc(OC)c(COc3c(F)c(F)cc(F)c3F)c2)cc1. The summed E-state index contributed by atoms with van der Waals surface area (Å²) in [6, 6.07) is 11.5. The Labute approximate surface area is 181 Å². The molecule has 0 atom stereocenters. The van der Waals surface area contributed by atoms with E-state index in [2.05, 4.69) is 0 Å². The lowest BCUT2D eigenvalue weighted by atomic mass is 10.1. The summed E-state index contributed by atoms with van der Waals surface area (Å²) in [7, 11) is 2.90. The van der Waals surface area contributed by atoms with Crippen LogP contribution in [-0.4, -0.2) is 20.0 Å². The van der Waals surface area contributed by atoms with Crippen LogP contribution in [0.25, 0.3) is 6.08 Å². The highest BCUT2D eigenvalue weighted by Gasteiger charge is 2.21. The minimum Gasteiger partial charge on any atom is -0.497 e. The first-order chi connectivity index (χ1) is 15.3. The van der Waals surface area contributed by atoms with Crippen LogP contribution in [0.4, 0.5) is 17.6 Å². The molecule has 8 heteroatoms. The third-order valence-corrected chi connectivity index (χ3v) is 4.55. The van der Waals surface area contributed by atoms with E-state index in [0.717, 1.165) is 0 Å². The number of benzene rings is 3. The number of allylic oxidation sites excluding steroid dienone is 1. The van der Waals surface area contributed by atoms with Crippen LogP contribution in [0, 0.1) is 23.3 Å². The molecule has 0 saturated heterocycles. The highest BCUT2D eigenvalue weighted by atomic mass is 19.2. The largest absolute Gasteiger partial charge is 0.497 e. The topological polar surface area (TPSA) is 44.8 Å². The normalized spacial score (nSPS) is 10.9. The Bertz CT molecular complexity index is 1130. The second-order valence-corrected chi connectivity index (χ2v) is 6.58. The van der Waals surface area contributed by atoms with E-state index < -0.39 is 35.6 Å². The predicted molar refractivity (Wildman–Crippen MR) is 110 cm³/mol. The van der Waals surface area contributed by atoms with Gasteiger partial charge in [-0.2, -0.15) is 8.78 Å². The van der Waals surface area contributed by atoms with Crippen LogP contribution in [0.3, 0.4) is 0 Å². The molecular formula is C24H18F4O4. The molecule has 0 aliphatic heterocycles. The molecule has 3 rings (SSSR count). The van der Waals surface area contributed by atoms with E-state index in [0.29, 0.717) is 28.2 Å². The van der Waals surface area contributed by atoms with Gasteiger partial charge in [-0.15, -0.1) is 0 Å². The third kappa shape index (κ3) is 5.08. The number of halogens is 4. The van der Waals surface area contributed by atoms with Gasteiger partial charge in [0.05, 0.1) is 14.2 Å². The summed E-state index contributed by atoms with van der Waals surface area (Å²) in [6.07, 6.45) is 2.90. The maximum absolute atomic E-state index is 13.8. The van der Waals surface area contributed by atoms with Gasteiger partial charge >= 0.3 is 0 Å². The van der Waals surface area contributed by atoms with Crippen molar-refractivity contribution in [3.63, 3.8) is 0 Å². The summed E-state index contributed by atoms with van der Waals surface area (Å²) in [6.45, 7) is -0.436. The van der Waals surface area contributed by atoms with Crippen LogP contribution in [0.5, 0.6) is 17.2 Å². The quantitative estimate of drug-likeness (QED) is 0.192. The molecule has 0 N–H and O–H groups in total. The van der Waals surface area contributed by atoms with Gasteiger partial charge in [0.1, 0.15) is 18.1 Å². The summed E-state index contributed by atoms with van der Waals surface area (Å²) in [5.74, 6) is -6.88. The van der Waals surface area contributed by atoms with Gasteiger partial charge in [-0.25, -0.2) is 8.78 Å². The molecule has 0 bridgehead atoms. The van der Waals surface area contributed by atoms with E-state index in [1.165, 1.54) is 20.3 Å². The second kappa shape index (κ2) is 10.00. The number of methoxy groups -OCH3 is 2. The van der Waals surface area contributed by atoms with Crippen molar-refractivity contribution in [2.24, 2.45) is 0 Å². The molecule has 4 nitrogen and oxygen atoms in total. The van der Waals surface area contributed by atoms with Crippen molar-refractivity contribution in [3.05, 3.63) is 94.6 Å². The van der Waals surface area contributed by atoms with Crippen LogP contribution < -0.4 is 14.2 Å². The Morgan fingerprint density at radius 3 is 2.12 bits per heavy atom. The Morgan fingerprint density at radius 2 is 1.53 bits per heavy atom. The van der Waals surface area contributed by atoms with E-state index >= 15 is 0 Å². The molecule has 0 aliphatic carbocycles. The van der Waals surface area contributed by atoms with Crippen molar-refractivity contribution >= 4 is 11.9 Å². The van der Waals surface area contributed by atoms with Gasteiger partial charge < -0.3 is 14.2 Å². The summed E-state index contributed by atoms with van der Waals surface area (Å²) < 4.78 is 69.7. The van der Waals surface area contributed by atoms with Gasteiger partial charge in [0, 0.05) is 17.2 Å². The fraction of sp³-hybridized carbons (Fsp3) is 0.125. The van der Waals surface area contributed by atoms with E-state index in [9.17, 15) is 22.4 Å². The van der Waals surface area contributed by atoms with E-state index in [4.69, 9.17) is 14.2 Å². The van der Waals surface area contributed by atoms with Crippen molar-refractivity contribution in [2.75, 3.05) is 14.2 Å². The van der Waals surface area contributed by atoms with Crippen molar-refractivity contribution in [1.29, 1.82) is 0 Å². The lowest BCUT2D eigenvalue weighted by molar-refractivity contribution is 0.104. The molecule has 0 amide bonds. The molecule has 0 saturated carbocycles. The highest BCUT2D eigenvalue weighted by molar-refractivity contribution is 6.06. The molecule has 0 spiro atoms. The van der Waals surface area contributed by atoms with Crippen molar-refractivity contribution in [3.8, 4) is 17.2 Å². The molecule has 0 aliphatic rings. The highest BCUT2D eigenvalue weighted by Crippen LogP contribution is 2.29. The summed E-state index contributed by atoms with van der Waals surface area (Å²) in [5, 5.41) is 0. The molecule has 32 heavy (non-hydrogen) atoms. The van der Waals surface area contributed by atoms with Crippen LogP contribution >= 0.6 is 0 Å². The standard InChI is InChI=1S/C24H18F4O4/c1-30-17-7-5-15(6-8-17)20(29)9-3-14-4-10-21(31-2)16(11-14)13-32-24-22(27)18(25)12-19(26)23(24)28/h3-12H,13H2,1-2H3/b9-3+. The smallest absolute Gasteiger partial charge is 0.203 e. The maximum Gasteiger partial charge on any atom is 0.203 e. The minimum atomic E-state index is -1.64. The van der Waals surface area contributed by atoms with Gasteiger partial charge in [-0.3, -0.25) is 4.79 Å². The second-order valence-electron chi connectivity index (χ2n) is 6.58. The number of hydrogen-bond acceptors (Lipinski definition) is 4. The summed E-state index contributed by atoms with van der Waals surface area (Å²) in [5.41, 5.74) is 1.37. The number of hydrogen-bond donors (Lipinski definition) is 0. The average molecular weight is 446 g/mol. The minimum absolute atomic E-state index is 0.101. The molecule has 0 fully saturated rings. The van der Waals surface area contributed by atoms with E-state index in [1.54, 1.807) is 48.5 Å². The Kier molecular flexibility index (Phi) is 7.14. The van der Waals surface area contributed by atoms with Crippen LogP contribution in [0.2, 0.25) is 0 Å². The molecule has 3 aromatic rings. The van der Waals surface area contributed by atoms with Crippen LogP contribution in [0.15, 0.2) is 54.6 Å². The van der Waals surface area contributed by atoms with Gasteiger partial charge in [-0.05, 0) is 48.0 Å². The predicted octanol–water partition coefficient (Wildman–Crippen LogP) is 5.74. The van der Waals surface area contributed by atoms with Crippen molar-refractivity contribution in [2.45, 2.75) is 6.61 Å². The first-order valence-corrected chi connectivity index (χ1v) is 9.33. The average Bonchev–Trinajstić information content (AvgIpc) is 2.81. The van der Waals surface area contributed by atoms with E-state index in [1.807, 2.05) is 0 Å². The van der Waals surface area contributed by atoms with Crippen molar-refractivity contribution in [1.82, 2.24) is 0 Å². The molecular weight excluding hydrogens is 428 g/mol. The Morgan fingerprint density at radius 1 is 0.875 bits per heavy atom. The monoisotopic (exact) mass is 446 g/mol. The van der Waals surface area contributed by atoms with E-state index in [-0.39, 0.29) is 11.8 Å². The van der Waals surface area contributed by atoms with Gasteiger partial charge in [-0.1, -0.05) is 12.1 Å². The Balaban J connectivity index is 1.80. The number of carbonyl (C=O) groups excluding carboxylic acids is 1. The molecule has 0 unspecified atom stereocenters. The first-order valence-electron chi connectivity index (χ1n) is 9.33. The third-order valence-electron chi connectivity index (χ3n) is 4.55. The van der Waals surface area contributed by atoms with Gasteiger partial charge in [0.25, 0.3) is 0 Å². The Hall–Kier alpha value is -3.81. The maximum atomic E-state index is 13.8. The van der Waals surface area contributed by atoms with Gasteiger partial charge in [0.2, 0.25) is 11.6 Å². The van der Waals surface area contributed by atoms with Gasteiger partial charge in [0.15, 0.2) is 23.2 Å². The molecule has 0 radical (unpaired) electrons. The fourth-order valence-corrected chi connectivity index (χ4v) is 2.87. The molecule has 0 heterocycles. The summed E-state index contributed by atoms with van der Waals surface area (Å²) in [4.78, 5) is 12.3. The van der Waals surface area contributed by atoms with Crippen molar-refractivity contribution < 1.29 is 36.6 Å². The fourth-order valence-electron chi connectivity index (χ4n) is 2.87. The molecule has 3 aromatic carbocycles.